The van der Waals surface area contributed by atoms with E-state index in [0.717, 1.165) is 5.57 Å². The standard InChI is InChI=1S/C53H76O20/c1-10-25(2)46(60)73-45-43(70-47(61)29-14-12-11-13-15-29)44-50(6)19-17-31(22-30(50)16-20-52(44,62)53(63)21-18-32(26(3)55)51(45,53)7)68-35-23-33(64-8)40(27(4)66-35)71-49-39(59)42(65-9)41(28(5)67-49)72-48-38(58)37(57)36(56)34(24-54)69-48/h10-16,27-28,31-45,48-49,54,56-59,62-63H,17-24H2,1-9H3/b25-10+/t27?,28?,31-,32+,33+,34?,35-,36+,37-,38?,39?,40+,41+,42+,43-,44+,45+,48-,49-,50-,51-,52-,53+/m0/s1. The number of carbonyl (C=O) groups excluding carboxylic acids is 3. The Morgan fingerprint density at radius 2 is 1.45 bits per heavy atom. The van der Waals surface area contributed by atoms with Gasteiger partial charge in [0.2, 0.25) is 0 Å². The van der Waals surface area contributed by atoms with Crippen LogP contribution in [0.1, 0.15) is 104 Å². The summed E-state index contributed by atoms with van der Waals surface area (Å²) in [7, 11) is 2.88. The van der Waals surface area contributed by atoms with Crippen molar-refractivity contribution >= 4 is 17.7 Å². The predicted octanol–water partition coefficient (Wildman–Crippen LogP) is 1.93. The number of rotatable bonds is 14. The van der Waals surface area contributed by atoms with Gasteiger partial charge in [0.25, 0.3) is 0 Å². The van der Waals surface area contributed by atoms with E-state index in [1.165, 1.54) is 21.1 Å². The lowest BCUT2D eigenvalue weighted by molar-refractivity contribution is -0.371. The SMILES string of the molecule is C/C=C(\C)C(=O)O[C@@H]1[C@@H](OC(=O)c2ccccc2)[C@@H]2[C@@]3(C)CC[C@H](O[C@H]4C[C@@H](OC)[C@H](O[C@@H]5OC(C)[C@@H](O[C@@H]6OC(CO)[C@@H](O)[C@H](O)C6O)[C@H](OC)C5O)C(C)O4)CC3=CC[C@@]2(O)[C@@]2(O)CC[C@H](C(C)=O)[C@@]12C. The van der Waals surface area contributed by atoms with Crippen molar-refractivity contribution in [1.29, 1.82) is 0 Å². The number of aliphatic hydroxyl groups excluding tert-OH is 5. The molecule has 3 saturated heterocycles. The fourth-order valence-corrected chi connectivity index (χ4v) is 13.6. The van der Waals surface area contributed by atoms with Gasteiger partial charge in [-0.3, -0.25) is 4.79 Å². The molecule has 8 rings (SSSR count). The minimum Gasteiger partial charge on any atom is -0.454 e. The molecule has 7 N–H and O–H groups in total. The van der Waals surface area contributed by atoms with Crippen LogP contribution in [0.3, 0.4) is 0 Å². The fourth-order valence-electron chi connectivity index (χ4n) is 13.6. The van der Waals surface area contributed by atoms with Crippen LogP contribution in [0.25, 0.3) is 0 Å². The molecule has 20 heteroatoms. The van der Waals surface area contributed by atoms with Gasteiger partial charge in [-0.05, 0) is 90.7 Å². The zero-order valence-corrected chi connectivity index (χ0v) is 43.1. The number of hydrogen-bond acceptors (Lipinski definition) is 20. The minimum absolute atomic E-state index is 0.0417. The van der Waals surface area contributed by atoms with E-state index in [9.17, 15) is 50.1 Å². The number of Topliss-reactive ketones (excluding diaryl/α,β-unsaturated/α-hetero) is 1. The van der Waals surface area contributed by atoms with E-state index in [1.807, 2.05) is 13.0 Å². The van der Waals surface area contributed by atoms with Crippen LogP contribution in [0.15, 0.2) is 53.6 Å². The molecular formula is C53H76O20. The van der Waals surface area contributed by atoms with E-state index in [-0.39, 0.29) is 42.6 Å². The molecule has 1 aromatic rings. The van der Waals surface area contributed by atoms with E-state index in [2.05, 4.69) is 0 Å². The Bertz CT molecular complexity index is 2210. The lowest BCUT2D eigenvalue weighted by Crippen LogP contribution is -2.80. The molecule has 5 unspecified atom stereocenters. The number of ether oxygens (including phenoxy) is 10. The van der Waals surface area contributed by atoms with Gasteiger partial charge in [0.05, 0.1) is 36.6 Å². The van der Waals surface area contributed by atoms with Crippen LogP contribution in [0.2, 0.25) is 0 Å². The lowest BCUT2D eigenvalue weighted by atomic mass is 9.42. The monoisotopic (exact) mass is 1030 g/mol. The highest BCUT2D eigenvalue weighted by molar-refractivity contribution is 5.90. The number of aliphatic hydroxyl groups is 7. The summed E-state index contributed by atoms with van der Waals surface area (Å²) < 4.78 is 61.8. The molecule has 0 bridgehead atoms. The number of esters is 2. The van der Waals surface area contributed by atoms with Crippen LogP contribution >= 0.6 is 0 Å². The van der Waals surface area contributed by atoms with Crippen molar-refractivity contribution < 1.29 is 97.5 Å². The Kier molecular flexibility index (Phi) is 16.6. The van der Waals surface area contributed by atoms with Crippen LogP contribution in [0, 0.1) is 22.7 Å². The van der Waals surface area contributed by atoms with Crippen molar-refractivity contribution in [2.45, 2.75) is 209 Å². The number of methoxy groups -OCH3 is 2. The fraction of sp³-hybridized carbons (Fsp3) is 0.755. The third-order valence-electron chi connectivity index (χ3n) is 17.8. The van der Waals surface area contributed by atoms with Crippen molar-refractivity contribution in [3.8, 4) is 0 Å². The molecule has 0 aromatic heterocycles. The van der Waals surface area contributed by atoms with E-state index in [1.54, 1.807) is 71.0 Å². The molecule has 3 aliphatic heterocycles. The van der Waals surface area contributed by atoms with Gasteiger partial charge in [-0.15, -0.1) is 0 Å². The molecule has 23 atom stereocenters. The second-order valence-electron chi connectivity index (χ2n) is 21.7. The zero-order valence-electron chi connectivity index (χ0n) is 43.1. The summed E-state index contributed by atoms with van der Waals surface area (Å²) in [6.07, 6.45) is -14.1. The van der Waals surface area contributed by atoms with Crippen molar-refractivity contribution in [1.82, 2.24) is 0 Å². The topological polar surface area (TPSA) is 285 Å². The van der Waals surface area contributed by atoms with Gasteiger partial charge in [0, 0.05) is 43.5 Å². The number of carbonyl (C=O) groups is 3. The van der Waals surface area contributed by atoms with Crippen molar-refractivity contribution in [3.05, 3.63) is 59.2 Å². The number of fused-ring (bicyclic) bond motifs is 5. The molecule has 0 amide bonds. The summed E-state index contributed by atoms with van der Waals surface area (Å²) in [5.74, 6) is -3.49. The molecule has 4 aliphatic carbocycles. The first-order valence-corrected chi connectivity index (χ1v) is 25.6. The highest BCUT2D eigenvalue weighted by atomic mass is 16.8. The Balaban J connectivity index is 0.997. The van der Waals surface area contributed by atoms with Gasteiger partial charge in [-0.1, -0.05) is 49.8 Å². The third kappa shape index (κ3) is 9.57. The molecule has 0 spiro atoms. The molecule has 20 nitrogen and oxygen atoms in total. The van der Waals surface area contributed by atoms with E-state index < -0.39 is 157 Å². The number of benzene rings is 1. The normalized spacial score (nSPS) is 46.8. The molecule has 6 fully saturated rings. The summed E-state index contributed by atoms with van der Waals surface area (Å²) in [6, 6.07) is 8.38. The summed E-state index contributed by atoms with van der Waals surface area (Å²) in [5, 5.41) is 79.0. The first kappa shape index (κ1) is 55.9. The van der Waals surface area contributed by atoms with Crippen LogP contribution in [0.5, 0.6) is 0 Å². The molecule has 3 saturated carbocycles. The highest BCUT2D eigenvalue weighted by Crippen LogP contribution is 2.70. The number of hydrogen-bond donors (Lipinski definition) is 7. The van der Waals surface area contributed by atoms with Crippen molar-refractivity contribution in [2.24, 2.45) is 22.7 Å². The first-order chi connectivity index (χ1) is 34.5. The molecule has 0 radical (unpaired) electrons. The van der Waals surface area contributed by atoms with Crippen molar-refractivity contribution in [3.63, 3.8) is 0 Å². The quantitative estimate of drug-likeness (QED) is 0.0796. The van der Waals surface area contributed by atoms with Gasteiger partial charge < -0.3 is 83.1 Å². The summed E-state index contributed by atoms with van der Waals surface area (Å²) >= 11 is 0. The van der Waals surface area contributed by atoms with Gasteiger partial charge in [0.15, 0.2) is 18.9 Å². The molecule has 1 aromatic carbocycles. The third-order valence-corrected chi connectivity index (χ3v) is 17.8. The van der Waals surface area contributed by atoms with E-state index in [0.29, 0.717) is 19.3 Å². The summed E-state index contributed by atoms with van der Waals surface area (Å²) in [5.41, 5.74) is -4.97. The predicted molar refractivity (Wildman–Crippen MR) is 254 cm³/mol. The van der Waals surface area contributed by atoms with Crippen molar-refractivity contribution in [2.75, 3.05) is 20.8 Å². The second kappa shape index (κ2) is 21.6. The molecule has 73 heavy (non-hydrogen) atoms. The van der Waals surface area contributed by atoms with Gasteiger partial charge >= 0.3 is 11.9 Å². The van der Waals surface area contributed by atoms with Gasteiger partial charge in [-0.25, -0.2) is 9.59 Å². The Morgan fingerprint density at radius 3 is 2.10 bits per heavy atom. The summed E-state index contributed by atoms with van der Waals surface area (Å²) in [6.45, 7) is 11.1. The first-order valence-electron chi connectivity index (χ1n) is 25.6. The Labute approximate surface area is 425 Å². The zero-order chi connectivity index (χ0) is 53.1. The van der Waals surface area contributed by atoms with Crippen LogP contribution in [-0.2, 0) is 57.0 Å². The maximum Gasteiger partial charge on any atom is 0.338 e. The molecular weight excluding hydrogens is 957 g/mol. The van der Waals surface area contributed by atoms with Crippen LogP contribution in [-0.4, -0.2) is 190 Å². The van der Waals surface area contributed by atoms with Crippen LogP contribution in [0.4, 0.5) is 0 Å². The molecule has 408 valence electrons. The average molecular weight is 1030 g/mol. The van der Waals surface area contributed by atoms with Crippen LogP contribution < -0.4 is 0 Å². The maximum absolute atomic E-state index is 14.2. The van der Waals surface area contributed by atoms with Gasteiger partial charge in [0.1, 0.15) is 78.0 Å². The summed E-state index contributed by atoms with van der Waals surface area (Å²) in [4.78, 5) is 41.6. The molecule has 7 aliphatic rings. The second-order valence-corrected chi connectivity index (χ2v) is 21.7. The largest absolute Gasteiger partial charge is 0.454 e. The minimum atomic E-state index is -1.95. The van der Waals surface area contributed by atoms with E-state index in [4.69, 9.17) is 47.4 Å². The number of ketones is 1. The van der Waals surface area contributed by atoms with E-state index >= 15 is 0 Å². The Morgan fingerprint density at radius 1 is 0.781 bits per heavy atom. The average Bonchev–Trinajstić information content (AvgIpc) is 3.66. The smallest absolute Gasteiger partial charge is 0.338 e. The van der Waals surface area contributed by atoms with Gasteiger partial charge in [-0.2, -0.15) is 0 Å². The lowest BCUT2D eigenvalue weighted by Gasteiger charge is -2.68. The highest BCUT2D eigenvalue weighted by Gasteiger charge is 2.81. The maximum atomic E-state index is 14.2. The Hall–Kier alpha value is -3.29. The molecule has 3 heterocycles. The number of allylic oxidation sites excluding steroid dienone is 1.